The highest BCUT2D eigenvalue weighted by Gasteiger charge is 2.34. The standard InChI is InChI=1S/C23H36N4O3.HI/c1-2-24-22(26-17-23(9-13-28)10-14-30-18-23)25-16-19-7-6-8-20(15-19)21(29)27-11-4-3-5-12-27;/h6-8,15,28H,2-5,9-14,16-18H2,1H3,(H2,24,25,26);1H. The van der Waals surface area contributed by atoms with Gasteiger partial charge in [-0.2, -0.15) is 0 Å². The zero-order valence-electron chi connectivity index (χ0n) is 18.6. The van der Waals surface area contributed by atoms with Crippen LogP contribution in [0.1, 0.15) is 54.9 Å². The highest BCUT2D eigenvalue weighted by molar-refractivity contribution is 14.0. The summed E-state index contributed by atoms with van der Waals surface area (Å²) in [7, 11) is 0. The second-order valence-electron chi connectivity index (χ2n) is 8.38. The number of amides is 1. The molecule has 8 heteroatoms. The Kier molecular flexibility index (Phi) is 11.0. The molecule has 1 amide bonds. The fourth-order valence-corrected chi connectivity index (χ4v) is 4.18. The third kappa shape index (κ3) is 7.61. The molecule has 2 aliphatic rings. The first-order chi connectivity index (χ1) is 14.7. The van der Waals surface area contributed by atoms with Crippen LogP contribution in [0, 0.1) is 5.41 Å². The Balaban J connectivity index is 0.00000341. The van der Waals surface area contributed by atoms with Gasteiger partial charge in [0.15, 0.2) is 5.96 Å². The number of aliphatic imine (C=N–C) groups is 1. The molecule has 2 fully saturated rings. The Morgan fingerprint density at radius 2 is 2.06 bits per heavy atom. The average molecular weight is 544 g/mol. The Labute approximate surface area is 203 Å². The molecular formula is C23H37IN4O3. The Hall–Kier alpha value is -1.39. The number of rotatable bonds is 8. The molecule has 0 aromatic heterocycles. The lowest BCUT2D eigenvalue weighted by molar-refractivity contribution is 0.0724. The smallest absolute Gasteiger partial charge is 0.253 e. The van der Waals surface area contributed by atoms with Crippen molar-refractivity contribution in [1.82, 2.24) is 15.5 Å². The quantitative estimate of drug-likeness (QED) is 0.266. The average Bonchev–Trinajstić information content (AvgIpc) is 3.25. The number of carbonyl (C=O) groups is 1. The van der Waals surface area contributed by atoms with Gasteiger partial charge in [-0.1, -0.05) is 12.1 Å². The summed E-state index contributed by atoms with van der Waals surface area (Å²) in [4.78, 5) is 19.4. The molecule has 2 heterocycles. The van der Waals surface area contributed by atoms with Crippen LogP contribution < -0.4 is 10.6 Å². The van der Waals surface area contributed by atoms with Crippen molar-refractivity contribution >= 4 is 35.8 Å². The summed E-state index contributed by atoms with van der Waals surface area (Å²) in [6.45, 7) is 7.31. The van der Waals surface area contributed by atoms with Crippen molar-refractivity contribution in [2.45, 2.75) is 45.6 Å². The zero-order valence-corrected chi connectivity index (χ0v) is 20.9. The molecule has 2 saturated heterocycles. The number of aliphatic hydroxyl groups excluding tert-OH is 1. The van der Waals surface area contributed by atoms with Crippen molar-refractivity contribution in [3.63, 3.8) is 0 Å². The van der Waals surface area contributed by atoms with Crippen LogP contribution >= 0.6 is 24.0 Å². The van der Waals surface area contributed by atoms with Gasteiger partial charge in [-0.05, 0) is 56.7 Å². The highest BCUT2D eigenvalue weighted by Crippen LogP contribution is 2.31. The van der Waals surface area contributed by atoms with E-state index in [1.54, 1.807) is 0 Å². The number of piperidine rings is 1. The van der Waals surface area contributed by atoms with E-state index in [-0.39, 0.29) is 41.9 Å². The predicted octanol–water partition coefficient (Wildman–Crippen LogP) is 2.77. The summed E-state index contributed by atoms with van der Waals surface area (Å²) in [5, 5.41) is 16.1. The number of guanidine groups is 1. The molecule has 0 radical (unpaired) electrons. The van der Waals surface area contributed by atoms with E-state index >= 15 is 0 Å². The molecule has 0 bridgehead atoms. The van der Waals surface area contributed by atoms with Crippen molar-refractivity contribution in [2.75, 3.05) is 46.0 Å². The maximum Gasteiger partial charge on any atom is 0.253 e. The van der Waals surface area contributed by atoms with Crippen LogP contribution in [0.2, 0.25) is 0 Å². The van der Waals surface area contributed by atoms with Crippen molar-refractivity contribution in [1.29, 1.82) is 0 Å². The second kappa shape index (κ2) is 13.2. The van der Waals surface area contributed by atoms with Crippen LogP contribution in [-0.2, 0) is 11.3 Å². The van der Waals surface area contributed by atoms with Crippen LogP contribution in [0.3, 0.4) is 0 Å². The van der Waals surface area contributed by atoms with E-state index in [4.69, 9.17) is 9.73 Å². The number of benzene rings is 1. The van der Waals surface area contributed by atoms with Gasteiger partial charge in [-0.3, -0.25) is 4.79 Å². The number of carbonyl (C=O) groups excluding carboxylic acids is 1. The monoisotopic (exact) mass is 544 g/mol. The third-order valence-corrected chi connectivity index (χ3v) is 6.04. The minimum absolute atomic E-state index is 0. The van der Waals surface area contributed by atoms with Gasteiger partial charge in [0, 0.05) is 50.4 Å². The second-order valence-corrected chi connectivity index (χ2v) is 8.38. The molecule has 0 spiro atoms. The van der Waals surface area contributed by atoms with E-state index < -0.39 is 0 Å². The molecule has 0 saturated carbocycles. The Morgan fingerprint density at radius 1 is 1.26 bits per heavy atom. The molecule has 1 atom stereocenters. The first-order valence-electron chi connectivity index (χ1n) is 11.2. The number of halogens is 1. The van der Waals surface area contributed by atoms with Gasteiger partial charge in [0.1, 0.15) is 0 Å². The number of nitrogens with zero attached hydrogens (tertiary/aromatic N) is 2. The van der Waals surface area contributed by atoms with Crippen molar-refractivity contribution in [3.8, 4) is 0 Å². The largest absolute Gasteiger partial charge is 0.396 e. The van der Waals surface area contributed by atoms with Crippen LogP contribution in [0.5, 0.6) is 0 Å². The molecule has 2 aliphatic heterocycles. The zero-order chi connectivity index (χ0) is 21.2. The number of nitrogens with one attached hydrogen (secondary N) is 2. The van der Waals surface area contributed by atoms with Gasteiger partial charge in [-0.25, -0.2) is 4.99 Å². The van der Waals surface area contributed by atoms with Gasteiger partial charge in [0.05, 0.1) is 13.2 Å². The van der Waals surface area contributed by atoms with Crippen LogP contribution in [-0.4, -0.2) is 67.9 Å². The molecule has 1 unspecified atom stereocenters. The summed E-state index contributed by atoms with van der Waals surface area (Å²) in [5.41, 5.74) is 1.73. The van der Waals surface area contributed by atoms with Gasteiger partial charge in [-0.15, -0.1) is 24.0 Å². The van der Waals surface area contributed by atoms with Gasteiger partial charge in [0.25, 0.3) is 5.91 Å². The number of likely N-dealkylation sites (tertiary alicyclic amines) is 1. The van der Waals surface area contributed by atoms with E-state index in [0.29, 0.717) is 19.7 Å². The van der Waals surface area contributed by atoms with Gasteiger partial charge >= 0.3 is 0 Å². The first-order valence-corrected chi connectivity index (χ1v) is 11.2. The molecule has 0 aliphatic carbocycles. The minimum atomic E-state index is -0.0360. The van der Waals surface area contributed by atoms with E-state index in [2.05, 4.69) is 10.6 Å². The van der Waals surface area contributed by atoms with Crippen molar-refractivity contribution < 1.29 is 14.6 Å². The lowest BCUT2D eigenvalue weighted by Crippen LogP contribution is -2.44. The number of hydrogen-bond donors (Lipinski definition) is 3. The molecule has 1 aromatic carbocycles. The SMILES string of the molecule is CCNC(=NCc1cccc(C(=O)N2CCCCC2)c1)NCC1(CCO)CCOC1.I. The lowest BCUT2D eigenvalue weighted by Gasteiger charge is -2.27. The molecule has 31 heavy (non-hydrogen) atoms. The summed E-state index contributed by atoms with van der Waals surface area (Å²) in [6, 6.07) is 7.81. The summed E-state index contributed by atoms with van der Waals surface area (Å²) >= 11 is 0. The normalized spacial score (nSPS) is 21.5. The van der Waals surface area contributed by atoms with Crippen LogP contribution in [0.25, 0.3) is 0 Å². The Morgan fingerprint density at radius 3 is 2.74 bits per heavy atom. The maximum atomic E-state index is 12.8. The predicted molar refractivity (Wildman–Crippen MR) is 134 cm³/mol. The number of hydrogen-bond acceptors (Lipinski definition) is 4. The molecule has 174 valence electrons. The molecule has 7 nitrogen and oxygen atoms in total. The molecule has 3 rings (SSSR count). The Bertz CT molecular complexity index is 717. The topological polar surface area (TPSA) is 86.2 Å². The molecular weight excluding hydrogens is 507 g/mol. The van der Waals surface area contributed by atoms with Crippen molar-refractivity contribution in [2.24, 2.45) is 10.4 Å². The minimum Gasteiger partial charge on any atom is -0.396 e. The van der Waals surface area contributed by atoms with E-state index in [0.717, 1.165) is 69.0 Å². The van der Waals surface area contributed by atoms with Crippen LogP contribution in [0.15, 0.2) is 29.3 Å². The van der Waals surface area contributed by atoms with Crippen molar-refractivity contribution in [3.05, 3.63) is 35.4 Å². The van der Waals surface area contributed by atoms with Gasteiger partial charge < -0.3 is 25.4 Å². The maximum absolute atomic E-state index is 12.8. The van der Waals surface area contributed by atoms with Gasteiger partial charge in [0.2, 0.25) is 0 Å². The summed E-state index contributed by atoms with van der Waals surface area (Å²) in [6.07, 6.45) is 5.07. The van der Waals surface area contributed by atoms with E-state index in [1.807, 2.05) is 36.1 Å². The van der Waals surface area contributed by atoms with E-state index in [9.17, 15) is 9.90 Å². The first kappa shape index (κ1) is 25.9. The number of ether oxygens (including phenoxy) is 1. The van der Waals surface area contributed by atoms with E-state index in [1.165, 1.54) is 6.42 Å². The lowest BCUT2D eigenvalue weighted by atomic mass is 9.84. The third-order valence-electron chi connectivity index (χ3n) is 6.04. The summed E-state index contributed by atoms with van der Waals surface area (Å²) in [5.74, 6) is 0.868. The fourth-order valence-electron chi connectivity index (χ4n) is 4.18. The molecule has 3 N–H and O–H groups in total. The molecule has 1 aromatic rings. The fraction of sp³-hybridized carbons (Fsp3) is 0.652. The highest BCUT2D eigenvalue weighted by atomic mass is 127. The number of aliphatic hydroxyl groups is 1. The van der Waals surface area contributed by atoms with Crippen LogP contribution in [0.4, 0.5) is 0 Å². The summed E-state index contributed by atoms with van der Waals surface area (Å²) < 4.78 is 5.57.